The minimum atomic E-state index is -0.526. The first-order chi connectivity index (χ1) is 13.6. The molecule has 6 nitrogen and oxygen atoms in total. The Labute approximate surface area is 175 Å². The highest BCUT2D eigenvalue weighted by Gasteiger charge is 2.22. The number of aliphatic hydroxyl groups is 1. The van der Waals surface area contributed by atoms with E-state index in [1.165, 1.54) is 5.69 Å². The van der Waals surface area contributed by atoms with E-state index < -0.39 is 6.10 Å². The van der Waals surface area contributed by atoms with E-state index in [1.807, 2.05) is 30.4 Å². The number of fused-ring (bicyclic) bond motifs is 1. The molecule has 1 aliphatic carbocycles. The number of hydrogen-bond donors (Lipinski definition) is 2. The van der Waals surface area contributed by atoms with Gasteiger partial charge in [-0.15, -0.1) is 0 Å². The van der Waals surface area contributed by atoms with Crippen molar-refractivity contribution < 1.29 is 9.84 Å². The van der Waals surface area contributed by atoms with Gasteiger partial charge in [0.25, 0.3) is 0 Å². The molecule has 0 aromatic heterocycles. The molecule has 1 saturated heterocycles. The van der Waals surface area contributed by atoms with E-state index in [1.54, 1.807) is 0 Å². The van der Waals surface area contributed by atoms with Crippen LogP contribution in [0.2, 0.25) is 5.02 Å². The van der Waals surface area contributed by atoms with Crippen molar-refractivity contribution in [1.29, 1.82) is 0 Å². The highest BCUT2D eigenvalue weighted by molar-refractivity contribution is 7.80. The quantitative estimate of drug-likeness (QED) is 0.689. The zero-order valence-corrected chi connectivity index (χ0v) is 17.0. The van der Waals surface area contributed by atoms with Gasteiger partial charge in [-0.05, 0) is 54.7 Å². The average molecular weight is 419 g/mol. The molecular weight excluding hydrogens is 396 g/mol. The molecular formula is C20H23ClN4O2S. The number of β-amino-alcohol motifs (C(OH)–C–C–N with tert-alkyl or cyclic N) is 1. The predicted molar refractivity (Wildman–Crippen MR) is 116 cm³/mol. The Morgan fingerprint density at radius 1 is 1.25 bits per heavy atom. The molecule has 1 unspecified atom stereocenters. The number of anilines is 1. The number of piperazine rings is 1. The number of allylic oxidation sites excluding steroid dienone is 1. The van der Waals surface area contributed by atoms with Gasteiger partial charge in [-0.1, -0.05) is 11.6 Å². The summed E-state index contributed by atoms with van der Waals surface area (Å²) in [6.07, 6.45) is 5.06. The summed E-state index contributed by atoms with van der Waals surface area (Å²) in [5.41, 5.74) is 2.90. The fourth-order valence-electron chi connectivity index (χ4n) is 3.55. The molecule has 4 rings (SSSR count). The summed E-state index contributed by atoms with van der Waals surface area (Å²) >= 11 is 11.0. The lowest BCUT2D eigenvalue weighted by Gasteiger charge is -2.37. The number of nitrogens with zero attached hydrogens (tertiary/aromatic N) is 3. The van der Waals surface area contributed by atoms with Gasteiger partial charge in [0, 0.05) is 43.4 Å². The molecule has 0 saturated carbocycles. The maximum Gasteiger partial charge on any atom is 0.197 e. The monoisotopic (exact) mass is 418 g/mol. The van der Waals surface area contributed by atoms with Crippen molar-refractivity contribution in [2.45, 2.75) is 12.2 Å². The summed E-state index contributed by atoms with van der Waals surface area (Å²) in [5, 5.41) is 14.6. The molecule has 0 spiro atoms. The maximum absolute atomic E-state index is 10.4. The number of aliphatic imine (C=N–C) groups is 1. The van der Waals surface area contributed by atoms with Gasteiger partial charge >= 0.3 is 0 Å². The van der Waals surface area contributed by atoms with E-state index in [2.05, 4.69) is 32.2 Å². The molecule has 3 aliphatic rings. The Hall–Kier alpha value is -1.77. The van der Waals surface area contributed by atoms with Crippen LogP contribution in [0.5, 0.6) is 0 Å². The first-order valence-corrected chi connectivity index (χ1v) is 10.2. The third-order valence-corrected chi connectivity index (χ3v) is 5.47. The van der Waals surface area contributed by atoms with E-state index in [4.69, 9.17) is 28.6 Å². The Bertz CT molecular complexity index is 816. The first kappa shape index (κ1) is 19.5. The molecule has 2 aliphatic heterocycles. The third-order valence-electron chi connectivity index (χ3n) is 5.03. The van der Waals surface area contributed by atoms with Crippen LogP contribution in [-0.2, 0) is 4.74 Å². The summed E-state index contributed by atoms with van der Waals surface area (Å²) in [6.45, 7) is 4.58. The van der Waals surface area contributed by atoms with Crippen LogP contribution in [0, 0.1) is 0 Å². The van der Waals surface area contributed by atoms with Crippen molar-refractivity contribution in [1.82, 2.24) is 10.2 Å². The van der Waals surface area contributed by atoms with Gasteiger partial charge in [-0.25, -0.2) is 4.99 Å². The molecule has 148 valence electrons. The van der Waals surface area contributed by atoms with Gasteiger partial charge < -0.3 is 20.1 Å². The van der Waals surface area contributed by atoms with E-state index in [0.717, 1.165) is 42.6 Å². The van der Waals surface area contributed by atoms with E-state index in [-0.39, 0.29) is 12.7 Å². The number of nitrogens with one attached hydrogen (secondary N) is 1. The number of thiocarbonyl (C=S) groups is 1. The second kappa shape index (κ2) is 8.71. The number of ether oxygens (including phenoxy) is 1. The number of rotatable bonds is 6. The minimum absolute atomic E-state index is 0.182. The number of halogens is 1. The van der Waals surface area contributed by atoms with Crippen LogP contribution in [0.4, 0.5) is 5.69 Å². The van der Waals surface area contributed by atoms with Crippen LogP contribution < -0.4 is 10.2 Å². The Morgan fingerprint density at radius 3 is 2.75 bits per heavy atom. The molecule has 1 fully saturated rings. The molecule has 2 atom stereocenters. The standard InChI is InChI=1S/C20H23ClN4O2S/c21-14-1-3-15(4-2-14)25-9-7-24(8-10-25)12-16(26)13-27-17-5-6-18-19(11-17)23-20(28)22-18/h1-6,11,16-17,26H,7-10,12-13H2,(H,23,28)/t16-,17?/m0/s1. The van der Waals surface area contributed by atoms with Crippen molar-refractivity contribution in [2.75, 3.05) is 44.2 Å². The number of hydrogen-bond acceptors (Lipinski definition) is 5. The van der Waals surface area contributed by atoms with Crippen molar-refractivity contribution in [2.24, 2.45) is 4.99 Å². The van der Waals surface area contributed by atoms with E-state index in [9.17, 15) is 5.11 Å². The second-order valence-electron chi connectivity index (χ2n) is 7.08. The zero-order valence-electron chi connectivity index (χ0n) is 15.4. The van der Waals surface area contributed by atoms with Gasteiger partial charge in [-0.2, -0.15) is 0 Å². The molecule has 2 heterocycles. The summed E-state index contributed by atoms with van der Waals surface area (Å²) in [4.78, 5) is 8.82. The lowest BCUT2D eigenvalue weighted by Crippen LogP contribution is -2.49. The summed E-state index contributed by atoms with van der Waals surface area (Å²) in [6, 6.07) is 7.94. The molecule has 1 aromatic carbocycles. The van der Waals surface area contributed by atoms with Crippen LogP contribution in [0.3, 0.4) is 0 Å². The van der Waals surface area contributed by atoms with Crippen LogP contribution in [0.25, 0.3) is 0 Å². The normalized spacial score (nSPS) is 23.1. The highest BCUT2D eigenvalue weighted by atomic mass is 35.5. The Balaban J connectivity index is 1.20. The third kappa shape index (κ3) is 4.79. The number of aliphatic hydroxyl groups excluding tert-OH is 1. The zero-order chi connectivity index (χ0) is 19.5. The predicted octanol–water partition coefficient (Wildman–Crippen LogP) is 1.99. The molecule has 2 N–H and O–H groups in total. The first-order valence-electron chi connectivity index (χ1n) is 9.39. The SMILES string of the molecule is O[C@H](COC1C=CC2=NC(=S)NC2=C1)CN1CCN(c2ccc(Cl)cc2)CC1. The fourth-order valence-corrected chi connectivity index (χ4v) is 3.89. The molecule has 0 radical (unpaired) electrons. The smallest absolute Gasteiger partial charge is 0.197 e. The van der Waals surface area contributed by atoms with Crippen molar-refractivity contribution in [3.63, 3.8) is 0 Å². The summed E-state index contributed by atoms with van der Waals surface area (Å²) in [5.74, 6) is 0. The fraction of sp³-hybridized carbons (Fsp3) is 0.400. The lowest BCUT2D eigenvalue weighted by molar-refractivity contribution is 0.00693. The van der Waals surface area contributed by atoms with Gasteiger partial charge in [-0.3, -0.25) is 4.90 Å². The summed E-state index contributed by atoms with van der Waals surface area (Å²) < 4.78 is 5.83. The average Bonchev–Trinajstić information content (AvgIpc) is 3.07. The van der Waals surface area contributed by atoms with Gasteiger partial charge in [0.1, 0.15) is 0 Å². The minimum Gasteiger partial charge on any atom is -0.389 e. The van der Waals surface area contributed by atoms with Crippen molar-refractivity contribution in [3.8, 4) is 0 Å². The molecule has 1 aromatic rings. The molecule has 8 heteroatoms. The second-order valence-corrected chi connectivity index (χ2v) is 7.91. The topological polar surface area (TPSA) is 60.3 Å². The highest BCUT2D eigenvalue weighted by Crippen LogP contribution is 2.20. The Morgan fingerprint density at radius 2 is 2.00 bits per heavy atom. The van der Waals surface area contributed by atoms with Gasteiger partial charge in [0.2, 0.25) is 0 Å². The van der Waals surface area contributed by atoms with Crippen molar-refractivity contribution in [3.05, 3.63) is 53.2 Å². The molecule has 28 heavy (non-hydrogen) atoms. The van der Waals surface area contributed by atoms with Crippen LogP contribution in [0.15, 0.2) is 53.2 Å². The Kier molecular flexibility index (Phi) is 6.08. The largest absolute Gasteiger partial charge is 0.389 e. The van der Waals surface area contributed by atoms with Crippen molar-refractivity contribution >= 4 is 40.3 Å². The van der Waals surface area contributed by atoms with Gasteiger partial charge in [0.15, 0.2) is 5.11 Å². The van der Waals surface area contributed by atoms with Crippen LogP contribution in [-0.4, -0.2) is 72.4 Å². The maximum atomic E-state index is 10.4. The molecule has 0 amide bonds. The lowest BCUT2D eigenvalue weighted by atomic mass is 10.1. The van der Waals surface area contributed by atoms with Crippen LogP contribution >= 0.6 is 23.8 Å². The summed E-state index contributed by atoms with van der Waals surface area (Å²) in [7, 11) is 0. The van der Waals surface area contributed by atoms with Crippen LogP contribution in [0.1, 0.15) is 0 Å². The van der Waals surface area contributed by atoms with E-state index >= 15 is 0 Å². The van der Waals surface area contributed by atoms with Gasteiger partial charge in [0.05, 0.1) is 30.2 Å². The number of benzene rings is 1. The van der Waals surface area contributed by atoms with E-state index in [0.29, 0.717) is 11.7 Å². The molecule has 0 bridgehead atoms.